The lowest BCUT2D eigenvalue weighted by atomic mass is 10.1. The molecule has 4 aromatic rings. The molecule has 0 saturated heterocycles. The van der Waals surface area contributed by atoms with E-state index in [1.165, 1.54) is 29.8 Å². The summed E-state index contributed by atoms with van der Waals surface area (Å²) in [5, 5.41) is 6.71. The number of esters is 1. The number of aryl methyl sites for hydroxylation is 1. The first-order valence-corrected chi connectivity index (χ1v) is 12.3. The summed E-state index contributed by atoms with van der Waals surface area (Å²) in [6.45, 7) is 1.92. The van der Waals surface area contributed by atoms with Crippen molar-refractivity contribution < 1.29 is 19.1 Å². The summed E-state index contributed by atoms with van der Waals surface area (Å²) in [6.07, 6.45) is 0.646. The van der Waals surface area contributed by atoms with Crippen LogP contribution in [-0.2, 0) is 14.3 Å². The Labute approximate surface area is 206 Å². The van der Waals surface area contributed by atoms with Crippen molar-refractivity contribution in [1.82, 2.24) is 0 Å². The van der Waals surface area contributed by atoms with E-state index >= 15 is 0 Å². The van der Waals surface area contributed by atoms with E-state index in [1.54, 1.807) is 36.4 Å². The van der Waals surface area contributed by atoms with Gasteiger partial charge in [-0.3, -0.25) is 4.79 Å². The number of hydrogen-bond acceptors (Lipinski definition) is 6. The standard InChI is InChI=1S/C27H23NO4S2/c1-18-12-13-23(31-2)22(16-18)28-26(29)25(19-8-4-3-5-9-19)32-27(30)21(24-11-7-15-34-24)17-20-10-6-14-33-20/h3-17,25H,1-2H3,(H,28,29)/b21-17+. The quantitative estimate of drug-likeness (QED) is 0.224. The summed E-state index contributed by atoms with van der Waals surface area (Å²) in [7, 11) is 1.54. The molecule has 1 unspecified atom stereocenters. The molecule has 2 aromatic carbocycles. The molecular weight excluding hydrogens is 466 g/mol. The first kappa shape index (κ1) is 23.5. The number of carbonyl (C=O) groups excluding carboxylic acids is 2. The van der Waals surface area contributed by atoms with Crippen LogP contribution in [-0.4, -0.2) is 19.0 Å². The highest BCUT2D eigenvalue weighted by atomic mass is 32.1. The van der Waals surface area contributed by atoms with Crippen molar-refractivity contribution in [2.75, 3.05) is 12.4 Å². The highest BCUT2D eigenvalue weighted by Gasteiger charge is 2.28. The third-order valence-corrected chi connectivity index (χ3v) is 6.74. The smallest absolute Gasteiger partial charge is 0.340 e. The fourth-order valence-corrected chi connectivity index (χ4v) is 4.75. The number of hydrogen-bond donors (Lipinski definition) is 1. The molecule has 0 spiro atoms. The molecule has 172 valence electrons. The number of nitrogens with one attached hydrogen (secondary N) is 1. The van der Waals surface area contributed by atoms with Gasteiger partial charge in [-0.2, -0.15) is 0 Å². The minimum atomic E-state index is -1.15. The zero-order valence-electron chi connectivity index (χ0n) is 18.7. The summed E-state index contributed by atoms with van der Waals surface area (Å²) in [4.78, 5) is 28.5. The Balaban J connectivity index is 1.66. The van der Waals surface area contributed by atoms with Gasteiger partial charge in [0.25, 0.3) is 5.91 Å². The van der Waals surface area contributed by atoms with Crippen molar-refractivity contribution in [3.05, 3.63) is 104 Å². The lowest BCUT2D eigenvalue weighted by Crippen LogP contribution is -2.26. The van der Waals surface area contributed by atoms with Crippen molar-refractivity contribution >= 4 is 51.9 Å². The van der Waals surface area contributed by atoms with Crippen LogP contribution < -0.4 is 10.1 Å². The maximum atomic E-state index is 13.4. The molecule has 0 fully saturated rings. The number of ether oxygens (including phenoxy) is 2. The van der Waals surface area contributed by atoms with Gasteiger partial charge in [-0.15, -0.1) is 22.7 Å². The van der Waals surface area contributed by atoms with Gasteiger partial charge in [0.1, 0.15) is 5.75 Å². The minimum absolute atomic E-state index is 0.402. The van der Waals surface area contributed by atoms with Gasteiger partial charge in [0, 0.05) is 15.3 Å². The molecule has 2 heterocycles. The summed E-state index contributed by atoms with van der Waals surface area (Å²) < 4.78 is 11.2. The van der Waals surface area contributed by atoms with Crippen LogP contribution in [0.5, 0.6) is 5.75 Å². The number of methoxy groups -OCH3 is 1. The van der Waals surface area contributed by atoms with E-state index in [4.69, 9.17) is 9.47 Å². The number of anilines is 1. The van der Waals surface area contributed by atoms with Gasteiger partial charge < -0.3 is 14.8 Å². The van der Waals surface area contributed by atoms with Crippen molar-refractivity contribution in [2.45, 2.75) is 13.0 Å². The molecule has 2 aromatic heterocycles. The van der Waals surface area contributed by atoms with Crippen molar-refractivity contribution in [3.8, 4) is 5.75 Å². The zero-order valence-corrected chi connectivity index (χ0v) is 20.3. The predicted octanol–water partition coefficient (Wildman–Crippen LogP) is 6.59. The van der Waals surface area contributed by atoms with E-state index in [0.717, 1.165) is 15.3 Å². The monoisotopic (exact) mass is 489 g/mol. The average Bonchev–Trinajstić information content (AvgIpc) is 3.56. The molecule has 4 rings (SSSR count). The third-order valence-electron chi connectivity index (χ3n) is 5.01. The number of amides is 1. The van der Waals surface area contributed by atoms with Crippen molar-refractivity contribution in [2.24, 2.45) is 0 Å². The number of rotatable bonds is 8. The highest BCUT2D eigenvalue weighted by molar-refractivity contribution is 7.12. The highest BCUT2D eigenvalue weighted by Crippen LogP contribution is 2.31. The van der Waals surface area contributed by atoms with Crippen LogP contribution in [0.1, 0.15) is 27.0 Å². The molecule has 0 bridgehead atoms. The van der Waals surface area contributed by atoms with E-state index in [1.807, 2.05) is 60.1 Å². The van der Waals surface area contributed by atoms with Crippen LogP contribution >= 0.6 is 22.7 Å². The number of thiophene rings is 2. The maximum Gasteiger partial charge on any atom is 0.340 e. The molecular formula is C27H23NO4S2. The lowest BCUT2D eigenvalue weighted by Gasteiger charge is -2.20. The Bertz CT molecular complexity index is 1280. The molecule has 0 aliphatic rings. The van der Waals surface area contributed by atoms with Crippen LogP contribution in [0.25, 0.3) is 11.6 Å². The SMILES string of the molecule is COc1ccc(C)cc1NC(=O)C(OC(=O)/C(=C/c1cccs1)c1cccs1)c1ccccc1. The summed E-state index contributed by atoms with van der Waals surface area (Å²) in [6, 6.07) is 22.1. The Morgan fingerprint density at radius 2 is 1.71 bits per heavy atom. The second-order valence-electron chi connectivity index (χ2n) is 7.44. The van der Waals surface area contributed by atoms with Crippen LogP contribution in [0, 0.1) is 6.92 Å². The van der Waals surface area contributed by atoms with E-state index in [0.29, 0.717) is 22.6 Å². The Hall–Kier alpha value is -3.68. The first-order chi connectivity index (χ1) is 16.5. The van der Waals surface area contributed by atoms with Crippen LogP contribution in [0.4, 0.5) is 5.69 Å². The van der Waals surface area contributed by atoms with Crippen LogP contribution in [0.3, 0.4) is 0 Å². The molecule has 0 saturated carbocycles. The summed E-state index contributed by atoms with van der Waals surface area (Å²) in [5.41, 5.74) is 2.45. The van der Waals surface area contributed by atoms with Crippen molar-refractivity contribution in [3.63, 3.8) is 0 Å². The summed E-state index contributed by atoms with van der Waals surface area (Å²) >= 11 is 2.96. The van der Waals surface area contributed by atoms with Gasteiger partial charge in [-0.25, -0.2) is 4.79 Å². The molecule has 1 N–H and O–H groups in total. The van der Waals surface area contributed by atoms with Crippen LogP contribution in [0.2, 0.25) is 0 Å². The molecule has 1 atom stereocenters. The minimum Gasteiger partial charge on any atom is -0.495 e. The topological polar surface area (TPSA) is 64.6 Å². The second-order valence-corrected chi connectivity index (χ2v) is 9.37. The van der Waals surface area contributed by atoms with E-state index in [2.05, 4.69) is 5.32 Å². The molecule has 7 heteroatoms. The van der Waals surface area contributed by atoms with Crippen LogP contribution in [0.15, 0.2) is 83.6 Å². The van der Waals surface area contributed by atoms with Gasteiger partial charge in [0.15, 0.2) is 0 Å². The lowest BCUT2D eigenvalue weighted by molar-refractivity contribution is -0.148. The molecule has 5 nitrogen and oxygen atoms in total. The van der Waals surface area contributed by atoms with Gasteiger partial charge in [-0.05, 0) is 53.6 Å². The molecule has 34 heavy (non-hydrogen) atoms. The average molecular weight is 490 g/mol. The van der Waals surface area contributed by atoms with Crippen molar-refractivity contribution in [1.29, 1.82) is 0 Å². The fourth-order valence-electron chi connectivity index (χ4n) is 3.37. The second kappa shape index (κ2) is 11.0. The normalized spacial score (nSPS) is 12.1. The van der Waals surface area contributed by atoms with Gasteiger partial charge in [0.05, 0.1) is 18.4 Å². The molecule has 0 aliphatic heterocycles. The number of carbonyl (C=O) groups is 2. The van der Waals surface area contributed by atoms with Gasteiger partial charge in [0.2, 0.25) is 6.10 Å². The molecule has 1 amide bonds. The predicted molar refractivity (Wildman–Crippen MR) is 138 cm³/mol. The third kappa shape index (κ3) is 5.62. The van der Waals surface area contributed by atoms with Gasteiger partial charge >= 0.3 is 5.97 Å². The van der Waals surface area contributed by atoms with E-state index in [9.17, 15) is 9.59 Å². The Kier molecular flexibility index (Phi) is 7.57. The first-order valence-electron chi connectivity index (χ1n) is 10.6. The molecule has 0 aliphatic carbocycles. The van der Waals surface area contributed by atoms with Gasteiger partial charge in [-0.1, -0.05) is 48.5 Å². The molecule has 0 radical (unpaired) electrons. The van der Waals surface area contributed by atoms with E-state index in [-0.39, 0.29) is 0 Å². The Morgan fingerprint density at radius 3 is 2.38 bits per heavy atom. The zero-order chi connectivity index (χ0) is 23.9. The fraction of sp³-hybridized carbons (Fsp3) is 0.111. The summed E-state index contributed by atoms with van der Waals surface area (Å²) in [5.74, 6) is -0.518. The maximum absolute atomic E-state index is 13.4. The van der Waals surface area contributed by atoms with E-state index < -0.39 is 18.0 Å². The largest absolute Gasteiger partial charge is 0.495 e. The number of benzene rings is 2. The Morgan fingerprint density at radius 1 is 0.941 bits per heavy atom.